The first-order valence-electron chi connectivity index (χ1n) is 11.7. The minimum absolute atomic E-state index is 0.0954. The molecule has 0 spiro atoms. The topological polar surface area (TPSA) is 127 Å². The second-order valence-electron chi connectivity index (χ2n) is 9.01. The Labute approximate surface area is 221 Å². The van der Waals surface area contributed by atoms with Crippen molar-refractivity contribution in [1.29, 1.82) is 5.26 Å². The zero-order valence-electron chi connectivity index (χ0n) is 20.2. The number of benzene rings is 2. The van der Waals surface area contributed by atoms with Crippen LogP contribution in [0.4, 0.5) is 8.78 Å². The lowest BCUT2D eigenvalue weighted by Gasteiger charge is -2.24. The van der Waals surface area contributed by atoms with Crippen molar-refractivity contribution in [3.8, 4) is 6.19 Å². The fourth-order valence-electron chi connectivity index (χ4n) is 4.58. The molecule has 38 heavy (non-hydrogen) atoms. The number of carbonyl (C=O) groups excluding carboxylic acids is 3. The van der Waals surface area contributed by atoms with E-state index in [0.717, 1.165) is 4.90 Å². The number of nitriles is 1. The molecule has 0 saturated carbocycles. The number of amides is 3. The lowest BCUT2D eigenvalue weighted by atomic mass is 10.1. The summed E-state index contributed by atoms with van der Waals surface area (Å²) in [4.78, 5) is 39.4. The largest absolute Gasteiger partial charge is 0.389 e. The van der Waals surface area contributed by atoms with Gasteiger partial charge in [0.15, 0.2) is 6.19 Å². The predicted octanol–water partition coefficient (Wildman–Crippen LogP) is 2.95. The predicted molar refractivity (Wildman–Crippen MR) is 134 cm³/mol. The van der Waals surface area contributed by atoms with Crippen molar-refractivity contribution in [3.63, 3.8) is 0 Å². The van der Waals surface area contributed by atoms with Gasteiger partial charge in [0.05, 0.1) is 17.7 Å². The van der Waals surface area contributed by atoms with Gasteiger partial charge in [-0.2, -0.15) is 5.26 Å². The van der Waals surface area contributed by atoms with Gasteiger partial charge in [0, 0.05) is 46.8 Å². The van der Waals surface area contributed by atoms with E-state index in [1.165, 1.54) is 34.9 Å². The van der Waals surface area contributed by atoms with Crippen molar-refractivity contribution < 1.29 is 28.3 Å². The Kier molecular flexibility index (Phi) is 7.94. The Morgan fingerprint density at radius 2 is 2.05 bits per heavy atom. The lowest BCUT2D eigenvalue weighted by Crippen LogP contribution is -2.46. The maximum absolute atomic E-state index is 14.4. The lowest BCUT2D eigenvalue weighted by molar-refractivity contribution is -0.139. The Bertz CT molecular complexity index is 1450. The molecule has 198 valence electrons. The van der Waals surface area contributed by atoms with E-state index in [1.54, 1.807) is 25.4 Å². The van der Waals surface area contributed by atoms with Crippen LogP contribution in [0.2, 0.25) is 5.02 Å². The van der Waals surface area contributed by atoms with Crippen molar-refractivity contribution in [2.45, 2.75) is 44.8 Å². The highest BCUT2D eigenvalue weighted by atomic mass is 35.5. The van der Waals surface area contributed by atoms with Gasteiger partial charge in [-0.25, -0.2) is 8.78 Å². The van der Waals surface area contributed by atoms with Gasteiger partial charge in [-0.05, 0) is 25.1 Å². The quantitative estimate of drug-likeness (QED) is 0.312. The summed E-state index contributed by atoms with van der Waals surface area (Å²) in [5.41, 5.74) is 1.26. The molecular formula is C26H24ClF2N5O4. The van der Waals surface area contributed by atoms with Gasteiger partial charge in [-0.1, -0.05) is 29.8 Å². The number of hydrogen-bond donors (Lipinski definition) is 3. The summed E-state index contributed by atoms with van der Waals surface area (Å²) < 4.78 is 30.1. The average Bonchev–Trinajstić information content (AvgIpc) is 3.45. The van der Waals surface area contributed by atoms with Crippen LogP contribution in [0.15, 0.2) is 42.6 Å². The maximum atomic E-state index is 14.4. The summed E-state index contributed by atoms with van der Waals surface area (Å²) >= 11 is 5.78. The Balaban J connectivity index is 1.56. The molecule has 0 bridgehead atoms. The molecule has 12 heteroatoms. The second kappa shape index (κ2) is 11.2. The fourth-order valence-corrected chi connectivity index (χ4v) is 4.77. The van der Waals surface area contributed by atoms with Crippen LogP contribution in [0.3, 0.4) is 0 Å². The van der Waals surface area contributed by atoms with Crippen LogP contribution in [0.25, 0.3) is 10.9 Å². The van der Waals surface area contributed by atoms with Gasteiger partial charge < -0.3 is 19.9 Å². The third-order valence-corrected chi connectivity index (χ3v) is 6.75. The molecule has 1 saturated heterocycles. The summed E-state index contributed by atoms with van der Waals surface area (Å²) in [6, 6.07) is 7.84. The number of likely N-dealkylation sites (tertiary alicyclic amines) is 1. The fraction of sp³-hybridized carbons (Fsp3) is 0.308. The molecule has 0 aliphatic carbocycles. The molecule has 2 aromatic carbocycles. The molecule has 1 aliphatic rings. The number of aliphatic hydroxyl groups excluding tert-OH is 1. The molecule has 9 nitrogen and oxygen atoms in total. The molecule has 0 radical (unpaired) electrons. The standard InChI is InChI=1S/C26H24ClF2N5O4/c1-14(35)19-11-33(21-7-15(5-6-18(19)21)25(37)32-13-30)12-23(36)34-10-17(28)8-22(34)26(38)31-9-16-3-2-4-20(27)24(16)29/h2-7,11,14,17,22,35H,8-10,12H2,1H3,(H,31,38)(H,32,37)/t14?,17-,22+/m1/s1. The van der Waals surface area contributed by atoms with Crippen molar-refractivity contribution in [3.05, 3.63) is 70.1 Å². The maximum Gasteiger partial charge on any atom is 0.264 e. The van der Waals surface area contributed by atoms with Crippen molar-refractivity contribution >= 4 is 40.2 Å². The van der Waals surface area contributed by atoms with Gasteiger partial charge in [0.1, 0.15) is 24.6 Å². The van der Waals surface area contributed by atoms with Gasteiger partial charge in [0.2, 0.25) is 11.8 Å². The average molecular weight is 544 g/mol. The number of hydrogen-bond acceptors (Lipinski definition) is 5. The van der Waals surface area contributed by atoms with E-state index in [2.05, 4.69) is 5.32 Å². The smallest absolute Gasteiger partial charge is 0.264 e. The molecule has 3 atom stereocenters. The molecule has 1 fully saturated rings. The van der Waals surface area contributed by atoms with E-state index in [-0.39, 0.29) is 42.2 Å². The molecule has 3 N–H and O–H groups in total. The third-order valence-electron chi connectivity index (χ3n) is 6.46. The monoisotopic (exact) mass is 543 g/mol. The Morgan fingerprint density at radius 1 is 1.29 bits per heavy atom. The number of alkyl halides is 1. The van der Waals surface area contributed by atoms with Gasteiger partial charge in [-0.15, -0.1) is 0 Å². The number of fused-ring (bicyclic) bond motifs is 1. The number of carbonyl (C=O) groups is 3. The van der Waals surface area contributed by atoms with E-state index in [9.17, 15) is 28.3 Å². The van der Waals surface area contributed by atoms with Crippen LogP contribution in [0, 0.1) is 17.3 Å². The van der Waals surface area contributed by atoms with Crippen molar-refractivity contribution in [2.75, 3.05) is 6.54 Å². The molecule has 4 rings (SSSR count). The normalized spacial score (nSPS) is 17.7. The molecule has 3 amide bonds. The van der Waals surface area contributed by atoms with E-state index in [4.69, 9.17) is 16.9 Å². The molecule has 1 aliphatic heterocycles. The SMILES string of the molecule is CC(O)c1cn(CC(=O)N2C[C@H](F)C[C@H]2C(=O)NCc2cccc(Cl)c2F)c2cc(C(=O)NC#N)ccc12. The van der Waals surface area contributed by atoms with E-state index >= 15 is 0 Å². The number of nitrogens with one attached hydrogen (secondary N) is 2. The highest BCUT2D eigenvalue weighted by molar-refractivity contribution is 6.30. The molecule has 2 heterocycles. The zero-order chi connectivity index (χ0) is 27.6. The number of halogens is 3. The van der Waals surface area contributed by atoms with Gasteiger partial charge in [-0.3, -0.25) is 19.7 Å². The number of rotatable bonds is 7. The van der Waals surface area contributed by atoms with Crippen LogP contribution in [0.1, 0.15) is 40.9 Å². The van der Waals surface area contributed by atoms with Crippen molar-refractivity contribution in [2.24, 2.45) is 0 Å². The van der Waals surface area contributed by atoms with Crippen LogP contribution in [0.5, 0.6) is 0 Å². The Morgan fingerprint density at radius 3 is 2.76 bits per heavy atom. The van der Waals surface area contributed by atoms with E-state index in [0.29, 0.717) is 16.5 Å². The summed E-state index contributed by atoms with van der Waals surface area (Å²) in [7, 11) is 0. The number of aliphatic hydroxyl groups is 1. The summed E-state index contributed by atoms with van der Waals surface area (Å²) in [6.45, 7) is 0.773. The third kappa shape index (κ3) is 5.46. The minimum atomic E-state index is -1.42. The number of nitrogens with zero attached hydrogens (tertiary/aromatic N) is 3. The number of aromatic nitrogens is 1. The van der Waals surface area contributed by atoms with Crippen LogP contribution in [-0.2, 0) is 22.7 Å². The summed E-state index contributed by atoms with van der Waals surface area (Å²) in [5.74, 6) is -2.50. The first-order chi connectivity index (χ1) is 18.1. The first-order valence-corrected chi connectivity index (χ1v) is 12.1. The summed E-state index contributed by atoms with van der Waals surface area (Å²) in [5, 5.41) is 24.0. The second-order valence-corrected chi connectivity index (χ2v) is 9.42. The highest BCUT2D eigenvalue weighted by Crippen LogP contribution is 2.29. The molecule has 1 aromatic heterocycles. The molecule has 3 aromatic rings. The highest BCUT2D eigenvalue weighted by Gasteiger charge is 2.39. The minimum Gasteiger partial charge on any atom is -0.389 e. The van der Waals surface area contributed by atoms with Gasteiger partial charge >= 0.3 is 0 Å². The van der Waals surface area contributed by atoms with E-state index < -0.39 is 41.9 Å². The zero-order valence-corrected chi connectivity index (χ0v) is 21.0. The van der Waals surface area contributed by atoms with Crippen LogP contribution >= 0.6 is 11.6 Å². The summed E-state index contributed by atoms with van der Waals surface area (Å²) in [6.07, 6.45) is 0.594. The van der Waals surface area contributed by atoms with Crippen LogP contribution in [-0.4, -0.2) is 51.1 Å². The molecule has 1 unspecified atom stereocenters. The van der Waals surface area contributed by atoms with Crippen LogP contribution < -0.4 is 10.6 Å². The Hall–Kier alpha value is -4.01. The van der Waals surface area contributed by atoms with E-state index in [1.807, 2.05) is 5.32 Å². The van der Waals surface area contributed by atoms with Crippen molar-refractivity contribution in [1.82, 2.24) is 20.1 Å². The first kappa shape index (κ1) is 27.0. The molecular weight excluding hydrogens is 520 g/mol. The van der Waals surface area contributed by atoms with Gasteiger partial charge in [0.25, 0.3) is 5.91 Å².